The van der Waals surface area contributed by atoms with E-state index in [-0.39, 0.29) is 18.6 Å². The van der Waals surface area contributed by atoms with Crippen LogP contribution in [0.1, 0.15) is 54.4 Å². The van der Waals surface area contributed by atoms with Crippen LogP contribution >= 0.6 is 0 Å². The van der Waals surface area contributed by atoms with Crippen molar-refractivity contribution in [3.05, 3.63) is 0 Å². The molecule has 1 aliphatic heterocycles. The van der Waals surface area contributed by atoms with Crippen molar-refractivity contribution in [3.63, 3.8) is 0 Å². The molecule has 0 spiro atoms. The van der Waals surface area contributed by atoms with E-state index < -0.39 is 5.60 Å². The second-order valence-electron chi connectivity index (χ2n) is 6.98. The van der Waals surface area contributed by atoms with Gasteiger partial charge in [0.25, 0.3) is 5.91 Å². The monoisotopic (exact) mass is 297 g/mol. The zero-order chi connectivity index (χ0) is 16.2. The van der Waals surface area contributed by atoms with Crippen molar-refractivity contribution in [2.45, 2.75) is 66.1 Å². The van der Waals surface area contributed by atoms with Gasteiger partial charge in [-0.3, -0.25) is 4.79 Å². The third-order valence-electron chi connectivity index (χ3n) is 5.41. The Hall–Kier alpha value is -0.900. The fraction of sp³-hybridized carbons (Fsp3) is 0.882. The van der Waals surface area contributed by atoms with Gasteiger partial charge < -0.3 is 14.8 Å². The average molecular weight is 297 g/mol. The molecule has 6 atom stereocenters. The second kappa shape index (κ2) is 7.39. The number of rotatable bonds is 6. The number of ether oxygens (including phenoxy) is 1. The van der Waals surface area contributed by atoms with Crippen molar-refractivity contribution in [3.8, 4) is 0 Å². The van der Waals surface area contributed by atoms with Gasteiger partial charge in [0.15, 0.2) is 0 Å². The van der Waals surface area contributed by atoms with E-state index >= 15 is 0 Å². The second-order valence-corrected chi connectivity index (χ2v) is 6.98. The Bertz CT molecular complexity index is 371. The fourth-order valence-corrected chi connectivity index (χ4v) is 3.33. The Labute approximate surface area is 129 Å². The summed E-state index contributed by atoms with van der Waals surface area (Å²) in [4.78, 5) is 22.8. The third kappa shape index (κ3) is 4.06. The van der Waals surface area contributed by atoms with Gasteiger partial charge in [-0.2, -0.15) is 0 Å². The number of nitrogens with one attached hydrogen (secondary N) is 1. The molecule has 1 heterocycles. The lowest BCUT2D eigenvalue weighted by molar-refractivity contribution is -0.192. The zero-order valence-corrected chi connectivity index (χ0v) is 14.3. The summed E-state index contributed by atoms with van der Waals surface area (Å²) in [6.45, 7) is 13.0. The number of amides is 1. The highest BCUT2D eigenvalue weighted by Gasteiger charge is 2.47. The molecule has 1 aliphatic rings. The van der Waals surface area contributed by atoms with E-state index in [1.807, 2.05) is 6.92 Å². The molecule has 0 aromatic heterocycles. The van der Waals surface area contributed by atoms with E-state index in [0.717, 1.165) is 6.42 Å². The summed E-state index contributed by atoms with van der Waals surface area (Å²) in [7, 11) is 0. The first-order valence-electron chi connectivity index (χ1n) is 8.16. The average Bonchev–Trinajstić information content (AvgIpc) is 2.46. The quantitative estimate of drug-likeness (QED) is 0.767. The molecule has 0 saturated carbocycles. The Balaban J connectivity index is 2.90. The van der Waals surface area contributed by atoms with Crippen molar-refractivity contribution < 1.29 is 14.3 Å². The highest BCUT2D eigenvalue weighted by Crippen LogP contribution is 2.41. The fourth-order valence-electron chi connectivity index (χ4n) is 3.33. The number of aldehydes is 1. The Kier molecular flexibility index (Phi) is 6.39. The van der Waals surface area contributed by atoms with E-state index in [1.165, 1.54) is 0 Å². The number of hydrogen-bond acceptors (Lipinski definition) is 3. The van der Waals surface area contributed by atoms with Crippen LogP contribution in [0.5, 0.6) is 0 Å². The van der Waals surface area contributed by atoms with Crippen molar-refractivity contribution in [1.82, 2.24) is 5.32 Å². The van der Waals surface area contributed by atoms with Crippen LogP contribution < -0.4 is 5.32 Å². The highest BCUT2D eigenvalue weighted by molar-refractivity contribution is 5.86. The molecule has 21 heavy (non-hydrogen) atoms. The number of hydrogen-bond donors (Lipinski definition) is 1. The molecule has 0 aliphatic carbocycles. The van der Waals surface area contributed by atoms with Crippen LogP contribution in [0.4, 0.5) is 0 Å². The van der Waals surface area contributed by atoms with Crippen LogP contribution in [0.15, 0.2) is 0 Å². The molecule has 0 radical (unpaired) electrons. The summed E-state index contributed by atoms with van der Waals surface area (Å²) >= 11 is 0. The smallest absolute Gasteiger partial charge is 0.252 e. The Morgan fingerprint density at radius 3 is 2.57 bits per heavy atom. The van der Waals surface area contributed by atoms with E-state index in [2.05, 4.69) is 39.9 Å². The molecule has 0 bridgehead atoms. The van der Waals surface area contributed by atoms with Crippen LogP contribution in [0.25, 0.3) is 0 Å². The van der Waals surface area contributed by atoms with Crippen LogP contribution in [0, 0.1) is 23.7 Å². The lowest BCUT2D eigenvalue weighted by Crippen LogP contribution is -2.56. The molecule has 0 aromatic rings. The molecule has 1 fully saturated rings. The van der Waals surface area contributed by atoms with Crippen molar-refractivity contribution >= 4 is 12.2 Å². The highest BCUT2D eigenvalue weighted by atomic mass is 16.5. The van der Waals surface area contributed by atoms with Gasteiger partial charge >= 0.3 is 0 Å². The summed E-state index contributed by atoms with van der Waals surface area (Å²) in [6, 6.07) is 0. The van der Waals surface area contributed by atoms with Crippen LogP contribution in [-0.4, -0.2) is 30.4 Å². The van der Waals surface area contributed by atoms with Crippen molar-refractivity contribution in [2.75, 3.05) is 6.54 Å². The Morgan fingerprint density at radius 1 is 1.43 bits per heavy atom. The molecule has 1 amide bonds. The minimum atomic E-state index is -0.832. The van der Waals surface area contributed by atoms with Crippen molar-refractivity contribution in [1.29, 1.82) is 0 Å². The predicted octanol–water partition coefficient (Wildman–Crippen LogP) is 2.80. The summed E-state index contributed by atoms with van der Waals surface area (Å²) in [5.41, 5.74) is -0.832. The molecule has 1 rings (SSSR count). The van der Waals surface area contributed by atoms with E-state index in [0.29, 0.717) is 36.4 Å². The zero-order valence-electron chi connectivity index (χ0n) is 14.3. The lowest BCUT2D eigenvalue weighted by atomic mass is 9.72. The summed E-state index contributed by atoms with van der Waals surface area (Å²) in [5, 5.41) is 2.65. The number of carbonyl (C=O) groups is 2. The maximum absolute atomic E-state index is 12.3. The van der Waals surface area contributed by atoms with Gasteiger partial charge in [0.2, 0.25) is 0 Å². The largest absolute Gasteiger partial charge is 0.362 e. The minimum Gasteiger partial charge on any atom is -0.362 e. The van der Waals surface area contributed by atoms with Gasteiger partial charge in [0.05, 0.1) is 12.6 Å². The van der Waals surface area contributed by atoms with E-state index in [4.69, 9.17) is 4.74 Å². The summed E-state index contributed by atoms with van der Waals surface area (Å²) in [5.74, 6) is 1.65. The first-order chi connectivity index (χ1) is 9.76. The topological polar surface area (TPSA) is 55.4 Å². The maximum Gasteiger partial charge on any atom is 0.252 e. The third-order valence-corrected chi connectivity index (χ3v) is 5.41. The normalized spacial score (nSPS) is 35.8. The van der Waals surface area contributed by atoms with Gasteiger partial charge in [-0.05, 0) is 37.0 Å². The molecule has 1 saturated heterocycles. The van der Waals surface area contributed by atoms with Crippen molar-refractivity contribution in [2.24, 2.45) is 23.7 Å². The van der Waals surface area contributed by atoms with E-state index in [1.54, 1.807) is 0 Å². The van der Waals surface area contributed by atoms with Gasteiger partial charge in [-0.1, -0.05) is 41.0 Å². The molecule has 0 aromatic carbocycles. The molecular formula is C17H31NO3. The van der Waals surface area contributed by atoms with Crippen LogP contribution in [-0.2, 0) is 14.3 Å². The SMILES string of the molecule is CC[C@@H](C)[C@@H](C)C1OC(C)(C(=O)NCC=O)CC(C)C1C. The van der Waals surface area contributed by atoms with Gasteiger partial charge in [-0.15, -0.1) is 0 Å². The standard InChI is InChI=1S/C17H31NO3/c1-7-11(2)13(4)15-14(5)12(3)10-17(6,21-15)16(20)18-8-9-19/h9,11-15H,7-8,10H2,1-6H3,(H,18,20)/t11-,12?,13-,14?,15?,17?/m1/s1. The molecule has 4 unspecified atom stereocenters. The van der Waals surface area contributed by atoms with Gasteiger partial charge in [-0.25, -0.2) is 0 Å². The summed E-state index contributed by atoms with van der Waals surface area (Å²) < 4.78 is 6.27. The van der Waals surface area contributed by atoms with Crippen LogP contribution in [0.2, 0.25) is 0 Å². The van der Waals surface area contributed by atoms with Crippen LogP contribution in [0.3, 0.4) is 0 Å². The predicted molar refractivity (Wildman–Crippen MR) is 83.9 cm³/mol. The molecule has 4 nitrogen and oxygen atoms in total. The first-order valence-corrected chi connectivity index (χ1v) is 8.16. The molecule has 4 heteroatoms. The maximum atomic E-state index is 12.3. The molecular weight excluding hydrogens is 266 g/mol. The Morgan fingerprint density at radius 2 is 2.05 bits per heavy atom. The summed E-state index contributed by atoms with van der Waals surface area (Å²) in [6.07, 6.45) is 2.59. The molecule has 122 valence electrons. The molecule has 1 N–H and O–H groups in total. The number of carbonyl (C=O) groups excluding carboxylic acids is 2. The van der Waals surface area contributed by atoms with E-state index in [9.17, 15) is 9.59 Å². The van der Waals surface area contributed by atoms with Gasteiger partial charge in [0, 0.05) is 0 Å². The minimum absolute atomic E-state index is 0.0489. The first kappa shape index (κ1) is 18.1. The lowest BCUT2D eigenvalue weighted by Gasteiger charge is -2.47. The van der Waals surface area contributed by atoms with Gasteiger partial charge in [0.1, 0.15) is 11.9 Å².